The zero-order valence-corrected chi connectivity index (χ0v) is 10.9. The van der Waals surface area contributed by atoms with Crippen molar-refractivity contribution < 1.29 is 28.8 Å². The lowest BCUT2D eigenvalue weighted by Crippen LogP contribution is -2.49. The van der Waals surface area contributed by atoms with Crippen molar-refractivity contribution in [3.63, 3.8) is 0 Å². The SMILES string of the molecule is O=C(O)c1ccc(C2OCOCC23COCOC3)cc1. The quantitative estimate of drug-likeness (QED) is 0.883. The molecule has 1 N–H and O–H groups in total. The molecule has 0 saturated carbocycles. The summed E-state index contributed by atoms with van der Waals surface area (Å²) in [4.78, 5) is 10.9. The molecule has 108 valence electrons. The standard InChI is InChI=1S/C14H16O6/c15-13(16)11-3-1-10(2-4-11)12-14(7-19-9-20-12)5-17-8-18-6-14/h1-4,12H,5-9H2,(H,15,16). The highest BCUT2D eigenvalue weighted by molar-refractivity contribution is 5.87. The predicted octanol–water partition coefficient (Wildman–Crippen LogP) is 1.42. The van der Waals surface area contributed by atoms with Crippen molar-refractivity contribution >= 4 is 5.97 Å². The van der Waals surface area contributed by atoms with Gasteiger partial charge in [0.1, 0.15) is 13.6 Å². The lowest BCUT2D eigenvalue weighted by atomic mass is 9.79. The zero-order valence-electron chi connectivity index (χ0n) is 10.9. The molecule has 2 saturated heterocycles. The van der Waals surface area contributed by atoms with Crippen molar-refractivity contribution in [1.29, 1.82) is 0 Å². The van der Waals surface area contributed by atoms with Crippen LogP contribution in [-0.2, 0) is 18.9 Å². The minimum Gasteiger partial charge on any atom is -0.478 e. The molecule has 6 heteroatoms. The van der Waals surface area contributed by atoms with Crippen LogP contribution < -0.4 is 0 Å². The van der Waals surface area contributed by atoms with E-state index < -0.39 is 5.97 Å². The average Bonchev–Trinajstić information content (AvgIpc) is 2.49. The van der Waals surface area contributed by atoms with E-state index in [1.54, 1.807) is 24.3 Å². The van der Waals surface area contributed by atoms with Crippen LogP contribution in [-0.4, -0.2) is 44.5 Å². The number of carbonyl (C=O) groups is 1. The topological polar surface area (TPSA) is 74.2 Å². The molecule has 0 aliphatic carbocycles. The van der Waals surface area contributed by atoms with E-state index in [9.17, 15) is 4.79 Å². The van der Waals surface area contributed by atoms with E-state index in [1.165, 1.54) is 0 Å². The molecule has 0 radical (unpaired) electrons. The van der Waals surface area contributed by atoms with Gasteiger partial charge in [-0.3, -0.25) is 0 Å². The predicted molar refractivity (Wildman–Crippen MR) is 67.3 cm³/mol. The van der Waals surface area contributed by atoms with Gasteiger partial charge in [0.15, 0.2) is 0 Å². The summed E-state index contributed by atoms with van der Waals surface area (Å²) < 4.78 is 21.9. The summed E-state index contributed by atoms with van der Waals surface area (Å²) in [5, 5.41) is 8.94. The van der Waals surface area contributed by atoms with Crippen LogP contribution in [0.5, 0.6) is 0 Å². The highest BCUT2D eigenvalue weighted by Gasteiger charge is 2.46. The molecule has 2 heterocycles. The highest BCUT2D eigenvalue weighted by atomic mass is 16.7. The maximum Gasteiger partial charge on any atom is 0.335 e. The van der Waals surface area contributed by atoms with Crippen LogP contribution in [0.4, 0.5) is 0 Å². The average molecular weight is 280 g/mol. The first-order valence-corrected chi connectivity index (χ1v) is 6.39. The maximum absolute atomic E-state index is 10.9. The summed E-state index contributed by atoms with van der Waals surface area (Å²) in [7, 11) is 0. The maximum atomic E-state index is 10.9. The van der Waals surface area contributed by atoms with E-state index in [2.05, 4.69) is 0 Å². The van der Waals surface area contributed by atoms with Crippen molar-refractivity contribution in [2.24, 2.45) is 5.41 Å². The molecule has 1 atom stereocenters. The first-order valence-electron chi connectivity index (χ1n) is 6.39. The third-order valence-corrected chi connectivity index (χ3v) is 3.67. The molecule has 3 rings (SSSR count). The number of carboxylic acids is 1. The van der Waals surface area contributed by atoms with E-state index in [1.807, 2.05) is 0 Å². The Morgan fingerprint density at radius 1 is 1.05 bits per heavy atom. The number of carboxylic acid groups (broad SMARTS) is 1. The monoisotopic (exact) mass is 280 g/mol. The Balaban J connectivity index is 1.87. The first-order chi connectivity index (χ1) is 9.71. The van der Waals surface area contributed by atoms with Gasteiger partial charge in [0.2, 0.25) is 0 Å². The molecule has 1 spiro atoms. The van der Waals surface area contributed by atoms with E-state index in [4.69, 9.17) is 24.1 Å². The van der Waals surface area contributed by atoms with Gasteiger partial charge in [-0.15, -0.1) is 0 Å². The second kappa shape index (κ2) is 5.49. The fourth-order valence-electron chi connectivity index (χ4n) is 2.69. The van der Waals surface area contributed by atoms with Gasteiger partial charge < -0.3 is 24.1 Å². The molecule has 2 aliphatic rings. The van der Waals surface area contributed by atoms with Gasteiger partial charge in [-0.25, -0.2) is 4.79 Å². The summed E-state index contributed by atoms with van der Waals surface area (Å²) >= 11 is 0. The number of hydrogen-bond donors (Lipinski definition) is 1. The minimum atomic E-state index is -0.941. The number of hydrogen-bond acceptors (Lipinski definition) is 5. The number of ether oxygens (including phenoxy) is 4. The zero-order chi connectivity index (χ0) is 14.0. The third-order valence-electron chi connectivity index (χ3n) is 3.67. The molecule has 1 unspecified atom stereocenters. The van der Waals surface area contributed by atoms with Crippen molar-refractivity contribution in [2.45, 2.75) is 6.10 Å². The molecule has 0 amide bonds. The highest BCUT2D eigenvalue weighted by Crippen LogP contribution is 2.42. The van der Waals surface area contributed by atoms with Crippen LogP contribution in [0, 0.1) is 5.41 Å². The van der Waals surface area contributed by atoms with Gasteiger partial charge in [-0.05, 0) is 17.7 Å². The molecule has 6 nitrogen and oxygen atoms in total. The summed E-state index contributed by atoms with van der Waals surface area (Å²) in [6.07, 6.45) is -0.223. The molecule has 2 fully saturated rings. The van der Waals surface area contributed by atoms with Gasteiger partial charge in [0, 0.05) is 0 Å². The van der Waals surface area contributed by atoms with Crippen LogP contribution in [0.25, 0.3) is 0 Å². The Bertz CT molecular complexity index is 469. The lowest BCUT2D eigenvalue weighted by molar-refractivity contribution is -0.279. The van der Waals surface area contributed by atoms with Crippen LogP contribution >= 0.6 is 0 Å². The Morgan fingerprint density at radius 2 is 1.65 bits per heavy atom. The molecule has 0 aromatic heterocycles. The molecular formula is C14H16O6. The van der Waals surface area contributed by atoms with Crippen molar-refractivity contribution in [3.8, 4) is 0 Å². The number of aromatic carboxylic acids is 1. The Hall–Kier alpha value is -1.47. The number of rotatable bonds is 2. The van der Waals surface area contributed by atoms with Crippen LogP contribution in [0.1, 0.15) is 22.0 Å². The van der Waals surface area contributed by atoms with Gasteiger partial charge in [-0.2, -0.15) is 0 Å². The Kier molecular flexibility index (Phi) is 3.71. The lowest BCUT2D eigenvalue weighted by Gasteiger charge is -2.45. The van der Waals surface area contributed by atoms with Crippen LogP contribution in [0.3, 0.4) is 0 Å². The second-order valence-corrected chi connectivity index (χ2v) is 5.12. The summed E-state index contributed by atoms with van der Waals surface area (Å²) in [5.41, 5.74) is 0.791. The van der Waals surface area contributed by atoms with E-state index in [0.29, 0.717) is 19.8 Å². The molecular weight excluding hydrogens is 264 g/mol. The van der Waals surface area contributed by atoms with E-state index in [0.717, 1.165) is 5.56 Å². The van der Waals surface area contributed by atoms with Crippen LogP contribution in [0.15, 0.2) is 24.3 Å². The molecule has 0 bridgehead atoms. The fraction of sp³-hybridized carbons (Fsp3) is 0.500. The summed E-state index contributed by atoms with van der Waals surface area (Å²) in [6.45, 7) is 1.99. The third kappa shape index (κ3) is 2.43. The van der Waals surface area contributed by atoms with Crippen molar-refractivity contribution in [2.75, 3.05) is 33.4 Å². The van der Waals surface area contributed by atoms with Gasteiger partial charge in [-0.1, -0.05) is 12.1 Å². The van der Waals surface area contributed by atoms with Crippen molar-refractivity contribution in [3.05, 3.63) is 35.4 Å². The van der Waals surface area contributed by atoms with Gasteiger partial charge in [0.25, 0.3) is 0 Å². The molecule has 2 aliphatic heterocycles. The molecule has 1 aromatic carbocycles. The Labute approximate surface area is 116 Å². The second-order valence-electron chi connectivity index (χ2n) is 5.12. The summed E-state index contributed by atoms with van der Waals surface area (Å²) in [5.74, 6) is -0.941. The number of benzene rings is 1. The smallest absolute Gasteiger partial charge is 0.335 e. The normalized spacial score (nSPS) is 25.5. The van der Waals surface area contributed by atoms with Gasteiger partial charge >= 0.3 is 5.97 Å². The van der Waals surface area contributed by atoms with Crippen molar-refractivity contribution in [1.82, 2.24) is 0 Å². The van der Waals surface area contributed by atoms with Crippen LogP contribution in [0.2, 0.25) is 0 Å². The summed E-state index contributed by atoms with van der Waals surface area (Å²) in [6, 6.07) is 6.70. The fourth-order valence-corrected chi connectivity index (χ4v) is 2.69. The largest absolute Gasteiger partial charge is 0.478 e. The van der Waals surface area contributed by atoms with Gasteiger partial charge in [0.05, 0.1) is 36.9 Å². The molecule has 1 aromatic rings. The minimum absolute atomic E-state index is 0.215. The Morgan fingerprint density at radius 3 is 2.25 bits per heavy atom. The first kappa shape index (κ1) is 13.5. The molecule has 20 heavy (non-hydrogen) atoms. The van der Waals surface area contributed by atoms with E-state index in [-0.39, 0.29) is 30.7 Å². The van der Waals surface area contributed by atoms with E-state index >= 15 is 0 Å².